The number of hydrogen-bond donors (Lipinski definition) is 1. The standard InChI is InChI=1S/C20H23FN4O/c1-3-17-13(2)22-19-10-18(23-25(19)20(17)26)15-8-9-24(12-15)11-14-4-6-16(21)7-5-14/h4-7,10,15,23H,3,8-9,11-12H2,1-2H3/t15-/m1/s1. The minimum absolute atomic E-state index is 0.00224. The molecule has 0 unspecified atom stereocenters. The van der Waals surface area contributed by atoms with Gasteiger partial charge in [0.15, 0.2) is 5.65 Å². The smallest absolute Gasteiger partial charge is 0.276 e. The van der Waals surface area contributed by atoms with Gasteiger partial charge in [-0.1, -0.05) is 19.1 Å². The summed E-state index contributed by atoms with van der Waals surface area (Å²) < 4.78 is 14.6. The number of aromatic amines is 1. The number of benzene rings is 1. The van der Waals surface area contributed by atoms with E-state index in [0.29, 0.717) is 18.0 Å². The first-order chi connectivity index (χ1) is 12.5. The summed E-state index contributed by atoms with van der Waals surface area (Å²) in [5, 5.41) is 3.27. The molecule has 0 aliphatic carbocycles. The molecule has 1 saturated heterocycles. The lowest BCUT2D eigenvalue weighted by Gasteiger charge is -2.15. The molecule has 0 bridgehead atoms. The van der Waals surface area contributed by atoms with Crippen molar-refractivity contribution >= 4 is 5.65 Å². The Kier molecular flexibility index (Phi) is 4.36. The Balaban J connectivity index is 1.54. The molecule has 3 aromatic rings. The van der Waals surface area contributed by atoms with Gasteiger partial charge in [-0.2, -0.15) is 0 Å². The molecular formula is C20H23FN4O. The van der Waals surface area contributed by atoms with Crippen molar-refractivity contribution in [3.8, 4) is 0 Å². The summed E-state index contributed by atoms with van der Waals surface area (Å²) >= 11 is 0. The van der Waals surface area contributed by atoms with Crippen LogP contribution in [0, 0.1) is 12.7 Å². The van der Waals surface area contributed by atoms with Crippen LogP contribution >= 0.6 is 0 Å². The van der Waals surface area contributed by atoms with Crippen LogP contribution in [-0.4, -0.2) is 32.6 Å². The third kappa shape index (κ3) is 3.05. The average molecular weight is 354 g/mol. The van der Waals surface area contributed by atoms with E-state index >= 15 is 0 Å². The van der Waals surface area contributed by atoms with E-state index in [1.54, 1.807) is 4.52 Å². The first-order valence-electron chi connectivity index (χ1n) is 9.13. The molecule has 4 rings (SSSR count). The molecule has 1 fully saturated rings. The number of halogens is 1. The minimum Gasteiger partial charge on any atom is -0.298 e. The second-order valence-electron chi connectivity index (χ2n) is 7.09. The third-order valence-electron chi connectivity index (χ3n) is 5.32. The topological polar surface area (TPSA) is 53.4 Å². The van der Waals surface area contributed by atoms with E-state index in [2.05, 4.69) is 15.0 Å². The summed E-state index contributed by atoms with van der Waals surface area (Å²) in [4.78, 5) is 19.5. The summed E-state index contributed by atoms with van der Waals surface area (Å²) in [7, 11) is 0. The van der Waals surface area contributed by atoms with Crippen LogP contribution in [0.4, 0.5) is 4.39 Å². The molecule has 1 N–H and O–H groups in total. The van der Waals surface area contributed by atoms with Gasteiger partial charge in [0, 0.05) is 42.0 Å². The monoisotopic (exact) mass is 354 g/mol. The van der Waals surface area contributed by atoms with Crippen LogP contribution in [-0.2, 0) is 13.0 Å². The van der Waals surface area contributed by atoms with E-state index in [1.807, 2.05) is 32.0 Å². The van der Waals surface area contributed by atoms with Crippen LogP contribution in [0.2, 0.25) is 0 Å². The lowest BCUT2D eigenvalue weighted by Crippen LogP contribution is -2.21. The van der Waals surface area contributed by atoms with E-state index in [-0.39, 0.29) is 11.4 Å². The zero-order valence-electron chi connectivity index (χ0n) is 15.1. The highest BCUT2D eigenvalue weighted by Gasteiger charge is 2.26. The van der Waals surface area contributed by atoms with Gasteiger partial charge in [-0.25, -0.2) is 13.9 Å². The van der Waals surface area contributed by atoms with Crippen LogP contribution in [0.25, 0.3) is 5.65 Å². The minimum atomic E-state index is -0.203. The molecule has 1 aromatic carbocycles. The van der Waals surface area contributed by atoms with Crippen molar-refractivity contribution in [3.05, 3.63) is 69.0 Å². The number of likely N-dealkylation sites (tertiary alicyclic amines) is 1. The van der Waals surface area contributed by atoms with Gasteiger partial charge in [0.2, 0.25) is 0 Å². The van der Waals surface area contributed by atoms with Crippen LogP contribution in [0.3, 0.4) is 0 Å². The van der Waals surface area contributed by atoms with Crippen LogP contribution in [0.5, 0.6) is 0 Å². The first kappa shape index (κ1) is 17.0. The van der Waals surface area contributed by atoms with E-state index in [0.717, 1.165) is 48.6 Å². The van der Waals surface area contributed by atoms with Gasteiger partial charge >= 0.3 is 0 Å². The van der Waals surface area contributed by atoms with Crippen molar-refractivity contribution in [2.45, 2.75) is 39.2 Å². The van der Waals surface area contributed by atoms with E-state index in [4.69, 9.17) is 0 Å². The third-order valence-corrected chi connectivity index (χ3v) is 5.32. The zero-order chi connectivity index (χ0) is 18.3. The molecule has 0 spiro atoms. The molecule has 136 valence electrons. The number of aryl methyl sites for hydroxylation is 1. The Morgan fingerprint density at radius 3 is 2.81 bits per heavy atom. The molecule has 26 heavy (non-hydrogen) atoms. The number of hydrogen-bond acceptors (Lipinski definition) is 3. The second kappa shape index (κ2) is 6.68. The van der Waals surface area contributed by atoms with E-state index in [9.17, 15) is 9.18 Å². The van der Waals surface area contributed by atoms with Crippen molar-refractivity contribution in [3.63, 3.8) is 0 Å². The maximum absolute atomic E-state index is 13.0. The van der Waals surface area contributed by atoms with E-state index in [1.165, 1.54) is 12.1 Å². The highest BCUT2D eigenvalue weighted by molar-refractivity contribution is 5.42. The maximum Gasteiger partial charge on any atom is 0.276 e. The lowest BCUT2D eigenvalue weighted by molar-refractivity contribution is 0.326. The molecule has 0 saturated carbocycles. The molecule has 0 radical (unpaired) electrons. The van der Waals surface area contributed by atoms with Crippen molar-refractivity contribution in [2.75, 3.05) is 13.1 Å². The Morgan fingerprint density at radius 1 is 1.31 bits per heavy atom. The summed E-state index contributed by atoms with van der Waals surface area (Å²) in [5.74, 6) is 0.146. The number of aromatic nitrogens is 3. The van der Waals surface area contributed by atoms with Crippen molar-refractivity contribution in [1.82, 2.24) is 19.5 Å². The Bertz CT molecular complexity index is 989. The molecule has 1 atom stereocenters. The van der Waals surface area contributed by atoms with Gasteiger partial charge in [0.1, 0.15) is 5.82 Å². The highest BCUT2D eigenvalue weighted by Crippen LogP contribution is 2.27. The fraction of sp³-hybridized carbons (Fsp3) is 0.400. The van der Waals surface area contributed by atoms with E-state index < -0.39 is 0 Å². The van der Waals surface area contributed by atoms with Gasteiger partial charge in [0.25, 0.3) is 5.56 Å². The number of nitrogens with one attached hydrogen (secondary N) is 1. The lowest BCUT2D eigenvalue weighted by atomic mass is 10.1. The van der Waals surface area contributed by atoms with Crippen LogP contribution in [0.1, 0.15) is 41.8 Å². The van der Waals surface area contributed by atoms with Gasteiger partial charge in [-0.3, -0.25) is 14.8 Å². The van der Waals surface area contributed by atoms with Crippen molar-refractivity contribution in [2.24, 2.45) is 0 Å². The van der Waals surface area contributed by atoms with Gasteiger partial charge in [-0.15, -0.1) is 0 Å². The zero-order valence-corrected chi connectivity index (χ0v) is 15.1. The summed E-state index contributed by atoms with van der Waals surface area (Å²) in [6.07, 6.45) is 1.71. The molecule has 6 heteroatoms. The molecule has 0 amide bonds. The SMILES string of the molecule is CCc1c(C)nc2cc([C@@H]3CCN(Cc4ccc(F)cc4)C3)[nH]n2c1=O. The summed E-state index contributed by atoms with van der Waals surface area (Å²) in [6, 6.07) is 8.69. The molecule has 3 heterocycles. The Morgan fingerprint density at radius 2 is 2.08 bits per heavy atom. The number of nitrogens with zero attached hydrogens (tertiary/aromatic N) is 3. The first-order valence-corrected chi connectivity index (χ1v) is 9.13. The Hall–Kier alpha value is -2.47. The average Bonchev–Trinajstić information content (AvgIpc) is 3.24. The highest BCUT2D eigenvalue weighted by atomic mass is 19.1. The molecule has 1 aliphatic rings. The van der Waals surface area contributed by atoms with Crippen molar-refractivity contribution < 1.29 is 4.39 Å². The quantitative estimate of drug-likeness (QED) is 0.784. The van der Waals surface area contributed by atoms with Crippen LogP contribution < -0.4 is 5.56 Å². The summed E-state index contributed by atoms with van der Waals surface area (Å²) in [5.41, 5.74) is 4.44. The molecule has 1 aliphatic heterocycles. The Labute approximate surface area is 151 Å². The maximum atomic E-state index is 13.0. The second-order valence-corrected chi connectivity index (χ2v) is 7.09. The molecule has 5 nitrogen and oxygen atoms in total. The van der Waals surface area contributed by atoms with Crippen molar-refractivity contribution in [1.29, 1.82) is 0 Å². The predicted octanol–water partition coefficient (Wildman–Crippen LogP) is 3.02. The summed E-state index contributed by atoms with van der Waals surface area (Å²) in [6.45, 7) is 6.59. The van der Waals surface area contributed by atoms with Gasteiger partial charge < -0.3 is 0 Å². The van der Waals surface area contributed by atoms with Gasteiger partial charge in [-0.05, 0) is 44.0 Å². The fourth-order valence-electron chi connectivity index (χ4n) is 3.88. The normalized spacial score (nSPS) is 18.0. The number of fused-ring (bicyclic) bond motifs is 1. The fourth-order valence-corrected chi connectivity index (χ4v) is 3.88. The largest absolute Gasteiger partial charge is 0.298 e. The number of rotatable bonds is 4. The predicted molar refractivity (Wildman–Crippen MR) is 99.0 cm³/mol. The van der Waals surface area contributed by atoms with Crippen LogP contribution in [0.15, 0.2) is 35.1 Å². The van der Waals surface area contributed by atoms with Gasteiger partial charge in [0.05, 0.1) is 0 Å². The molecule has 2 aromatic heterocycles. The number of H-pyrrole nitrogens is 1. The molecular weight excluding hydrogens is 331 g/mol.